The first-order chi connectivity index (χ1) is 4.67. The van der Waals surface area contributed by atoms with Crippen molar-refractivity contribution in [3.05, 3.63) is 0 Å². The lowest BCUT2D eigenvalue weighted by Gasteiger charge is -2.37. The van der Waals surface area contributed by atoms with E-state index in [1.165, 1.54) is 0 Å². The SMILES string of the molecule is CC(C)(C)C(C)(C)CC(N)=O. The van der Waals surface area contributed by atoms with Gasteiger partial charge in [-0.15, -0.1) is 0 Å². The minimum Gasteiger partial charge on any atom is -0.370 e. The highest BCUT2D eigenvalue weighted by Crippen LogP contribution is 2.40. The van der Waals surface area contributed by atoms with Gasteiger partial charge in [0.1, 0.15) is 0 Å². The predicted molar refractivity (Wildman–Crippen MR) is 47.0 cm³/mol. The van der Waals surface area contributed by atoms with E-state index in [0.29, 0.717) is 6.42 Å². The maximum Gasteiger partial charge on any atom is 0.217 e. The summed E-state index contributed by atoms with van der Waals surface area (Å²) >= 11 is 0. The molecule has 0 heterocycles. The Morgan fingerprint density at radius 2 is 1.55 bits per heavy atom. The molecular weight excluding hydrogens is 138 g/mol. The molecule has 0 unspecified atom stereocenters. The van der Waals surface area contributed by atoms with E-state index in [0.717, 1.165) is 0 Å². The number of nitrogens with two attached hydrogens (primary N) is 1. The van der Waals surface area contributed by atoms with Gasteiger partial charge in [0, 0.05) is 6.42 Å². The number of hydrogen-bond acceptors (Lipinski definition) is 1. The van der Waals surface area contributed by atoms with Gasteiger partial charge in [0.2, 0.25) is 5.91 Å². The summed E-state index contributed by atoms with van der Waals surface area (Å²) in [5.74, 6) is -0.218. The van der Waals surface area contributed by atoms with Crippen LogP contribution in [-0.4, -0.2) is 5.91 Å². The number of amides is 1. The first kappa shape index (κ1) is 10.5. The monoisotopic (exact) mass is 157 g/mol. The summed E-state index contributed by atoms with van der Waals surface area (Å²) < 4.78 is 0. The minimum absolute atomic E-state index is 0.0150. The maximum atomic E-state index is 10.7. The Bertz CT molecular complexity index is 153. The van der Waals surface area contributed by atoms with Crippen LogP contribution < -0.4 is 5.73 Å². The predicted octanol–water partition coefficient (Wildman–Crippen LogP) is 1.93. The molecule has 0 aliphatic carbocycles. The summed E-state index contributed by atoms with van der Waals surface area (Å²) in [6.45, 7) is 10.5. The van der Waals surface area contributed by atoms with E-state index in [4.69, 9.17) is 5.73 Å². The lowest BCUT2D eigenvalue weighted by Crippen LogP contribution is -2.34. The molecule has 0 radical (unpaired) electrons. The molecule has 0 aromatic rings. The summed E-state index contributed by atoms with van der Waals surface area (Å²) in [6, 6.07) is 0. The third-order valence-corrected chi connectivity index (χ3v) is 2.65. The topological polar surface area (TPSA) is 43.1 Å². The summed E-state index contributed by atoms with van der Waals surface area (Å²) in [6.07, 6.45) is 0.455. The second-order valence-electron chi connectivity index (χ2n) is 4.78. The highest BCUT2D eigenvalue weighted by atomic mass is 16.1. The number of rotatable bonds is 2. The number of carbonyl (C=O) groups excluding carboxylic acids is 1. The Morgan fingerprint density at radius 1 is 1.18 bits per heavy atom. The highest BCUT2D eigenvalue weighted by Gasteiger charge is 2.33. The Morgan fingerprint density at radius 3 is 1.64 bits per heavy atom. The number of carbonyl (C=O) groups is 1. The highest BCUT2D eigenvalue weighted by molar-refractivity contribution is 5.74. The summed E-state index contributed by atoms with van der Waals surface area (Å²) in [5.41, 5.74) is 5.25. The fraction of sp³-hybridized carbons (Fsp3) is 0.889. The molecule has 2 nitrogen and oxygen atoms in total. The van der Waals surface area contributed by atoms with Crippen LogP contribution in [0.3, 0.4) is 0 Å². The first-order valence-electron chi connectivity index (χ1n) is 3.95. The van der Waals surface area contributed by atoms with E-state index < -0.39 is 0 Å². The van der Waals surface area contributed by atoms with E-state index in [-0.39, 0.29) is 16.7 Å². The van der Waals surface area contributed by atoms with E-state index in [2.05, 4.69) is 34.6 Å². The third-order valence-electron chi connectivity index (χ3n) is 2.65. The van der Waals surface area contributed by atoms with Crippen molar-refractivity contribution in [2.45, 2.75) is 41.0 Å². The molecule has 0 saturated heterocycles. The normalized spacial score (nSPS) is 13.2. The van der Waals surface area contributed by atoms with Crippen LogP contribution in [-0.2, 0) is 4.79 Å². The van der Waals surface area contributed by atoms with Crippen LogP contribution in [0.25, 0.3) is 0 Å². The smallest absolute Gasteiger partial charge is 0.217 e. The van der Waals surface area contributed by atoms with Gasteiger partial charge in [0.05, 0.1) is 0 Å². The molecule has 11 heavy (non-hydrogen) atoms. The van der Waals surface area contributed by atoms with Crippen molar-refractivity contribution in [2.24, 2.45) is 16.6 Å². The second-order valence-corrected chi connectivity index (χ2v) is 4.78. The zero-order chi connectivity index (χ0) is 9.28. The van der Waals surface area contributed by atoms with E-state index in [1.54, 1.807) is 0 Å². The Labute approximate surface area is 69.2 Å². The zero-order valence-electron chi connectivity index (χ0n) is 8.19. The lowest BCUT2D eigenvalue weighted by atomic mass is 9.67. The van der Waals surface area contributed by atoms with Crippen molar-refractivity contribution in [1.29, 1.82) is 0 Å². The van der Waals surface area contributed by atoms with Crippen molar-refractivity contribution in [1.82, 2.24) is 0 Å². The quantitative estimate of drug-likeness (QED) is 0.654. The average molecular weight is 157 g/mol. The van der Waals surface area contributed by atoms with Crippen molar-refractivity contribution in [3.63, 3.8) is 0 Å². The van der Waals surface area contributed by atoms with Crippen LogP contribution in [0, 0.1) is 10.8 Å². The van der Waals surface area contributed by atoms with Gasteiger partial charge < -0.3 is 5.73 Å². The van der Waals surface area contributed by atoms with Gasteiger partial charge in [-0.2, -0.15) is 0 Å². The van der Waals surface area contributed by atoms with Gasteiger partial charge in [-0.3, -0.25) is 4.79 Å². The zero-order valence-corrected chi connectivity index (χ0v) is 8.19. The molecule has 0 aromatic carbocycles. The molecule has 0 aromatic heterocycles. The summed E-state index contributed by atoms with van der Waals surface area (Å²) in [4.78, 5) is 10.7. The van der Waals surface area contributed by atoms with E-state index in [1.807, 2.05) is 0 Å². The molecule has 0 saturated carbocycles. The van der Waals surface area contributed by atoms with Crippen LogP contribution in [0.2, 0.25) is 0 Å². The summed E-state index contributed by atoms with van der Waals surface area (Å²) in [7, 11) is 0. The van der Waals surface area contributed by atoms with Gasteiger partial charge in [-0.25, -0.2) is 0 Å². The Hall–Kier alpha value is -0.530. The molecule has 0 rings (SSSR count). The van der Waals surface area contributed by atoms with Crippen LogP contribution in [0.15, 0.2) is 0 Å². The van der Waals surface area contributed by atoms with Gasteiger partial charge >= 0.3 is 0 Å². The maximum absolute atomic E-state index is 10.7. The third kappa shape index (κ3) is 2.91. The molecule has 0 aliphatic rings. The fourth-order valence-corrected chi connectivity index (χ4v) is 0.701. The average Bonchev–Trinajstić information content (AvgIpc) is 1.56. The van der Waals surface area contributed by atoms with Crippen LogP contribution >= 0.6 is 0 Å². The molecule has 0 aliphatic heterocycles. The standard InChI is InChI=1S/C9H19NO/c1-8(2,3)9(4,5)6-7(10)11/h6H2,1-5H3,(H2,10,11). The van der Waals surface area contributed by atoms with Gasteiger partial charge in [-0.1, -0.05) is 34.6 Å². The van der Waals surface area contributed by atoms with Crippen molar-refractivity contribution >= 4 is 5.91 Å². The molecular formula is C9H19NO. The molecule has 0 fully saturated rings. The molecule has 2 N–H and O–H groups in total. The van der Waals surface area contributed by atoms with Crippen LogP contribution in [0.5, 0.6) is 0 Å². The number of hydrogen-bond donors (Lipinski definition) is 1. The van der Waals surface area contributed by atoms with E-state index >= 15 is 0 Å². The van der Waals surface area contributed by atoms with Crippen molar-refractivity contribution < 1.29 is 4.79 Å². The van der Waals surface area contributed by atoms with Crippen molar-refractivity contribution in [2.75, 3.05) is 0 Å². The summed E-state index contributed by atoms with van der Waals surface area (Å²) in [5, 5.41) is 0. The molecule has 0 atom stereocenters. The largest absolute Gasteiger partial charge is 0.370 e. The Balaban J connectivity index is 4.34. The van der Waals surface area contributed by atoms with Crippen LogP contribution in [0.1, 0.15) is 41.0 Å². The molecule has 0 spiro atoms. The molecule has 2 heteroatoms. The molecule has 66 valence electrons. The van der Waals surface area contributed by atoms with Gasteiger partial charge in [0.25, 0.3) is 0 Å². The first-order valence-corrected chi connectivity index (χ1v) is 3.95. The van der Waals surface area contributed by atoms with Gasteiger partial charge in [-0.05, 0) is 10.8 Å². The fourth-order valence-electron chi connectivity index (χ4n) is 0.701. The second kappa shape index (κ2) is 2.84. The lowest BCUT2D eigenvalue weighted by molar-refractivity contribution is -0.121. The van der Waals surface area contributed by atoms with Crippen LogP contribution in [0.4, 0.5) is 0 Å². The molecule has 0 bridgehead atoms. The van der Waals surface area contributed by atoms with Crippen molar-refractivity contribution in [3.8, 4) is 0 Å². The van der Waals surface area contributed by atoms with E-state index in [9.17, 15) is 4.79 Å². The number of primary amides is 1. The van der Waals surface area contributed by atoms with Gasteiger partial charge in [0.15, 0.2) is 0 Å². The Kier molecular flexibility index (Phi) is 2.70. The molecule has 1 amide bonds. The minimum atomic E-state index is -0.218.